The maximum Gasteiger partial charge on any atom is 0.227 e. The first kappa shape index (κ1) is 15.6. The molecule has 0 spiro atoms. The van der Waals surface area contributed by atoms with Crippen molar-refractivity contribution in [2.24, 2.45) is 0 Å². The van der Waals surface area contributed by atoms with Gasteiger partial charge < -0.3 is 4.90 Å². The Labute approximate surface area is 135 Å². The van der Waals surface area contributed by atoms with Crippen molar-refractivity contribution < 1.29 is 9.18 Å². The van der Waals surface area contributed by atoms with E-state index in [0.29, 0.717) is 12.4 Å². The minimum absolute atomic E-state index is 0.0294. The second-order valence-corrected chi connectivity index (χ2v) is 6.25. The van der Waals surface area contributed by atoms with Gasteiger partial charge in [0.1, 0.15) is 5.82 Å². The molecule has 120 valence electrons. The summed E-state index contributed by atoms with van der Waals surface area (Å²) in [4.78, 5) is 23.5. The molecule has 4 nitrogen and oxygen atoms in total. The lowest BCUT2D eigenvalue weighted by atomic mass is 9.96. The molecule has 23 heavy (non-hydrogen) atoms. The molecule has 1 amide bonds. The Morgan fingerprint density at radius 1 is 1.30 bits per heavy atom. The summed E-state index contributed by atoms with van der Waals surface area (Å²) < 4.78 is 13.0. The minimum Gasteiger partial charge on any atom is -0.330 e. The summed E-state index contributed by atoms with van der Waals surface area (Å²) >= 11 is 0. The predicted octanol–water partition coefficient (Wildman–Crippen LogP) is 3.00. The molecular weight excluding hydrogens is 293 g/mol. The van der Waals surface area contributed by atoms with Crippen LogP contribution in [0.2, 0.25) is 0 Å². The van der Waals surface area contributed by atoms with Gasteiger partial charge in [0.15, 0.2) is 5.82 Å². The number of halogens is 1. The summed E-state index contributed by atoms with van der Waals surface area (Å²) in [5.74, 6) is 0.435. The molecule has 0 bridgehead atoms. The van der Waals surface area contributed by atoms with E-state index in [-0.39, 0.29) is 18.1 Å². The molecule has 1 saturated heterocycles. The second kappa shape index (κ2) is 6.07. The number of benzene rings is 1. The zero-order valence-corrected chi connectivity index (χ0v) is 13.4. The quantitative estimate of drug-likeness (QED) is 0.875. The number of amides is 1. The van der Waals surface area contributed by atoms with Crippen molar-refractivity contribution in [3.05, 3.63) is 59.4 Å². The first-order chi connectivity index (χ1) is 11.0. The van der Waals surface area contributed by atoms with Gasteiger partial charge in [-0.25, -0.2) is 14.4 Å². The highest BCUT2D eigenvalue weighted by Gasteiger charge is 2.43. The molecule has 0 N–H and O–H groups in total. The van der Waals surface area contributed by atoms with Crippen LogP contribution in [0.1, 0.15) is 36.8 Å². The number of nitrogens with zero attached hydrogens (tertiary/aromatic N) is 3. The summed E-state index contributed by atoms with van der Waals surface area (Å²) in [6.07, 6.45) is 3.79. The van der Waals surface area contributed by atoms with Crippen LogP contribution in [-0.4, -0.2) is 27.3 Å². The zero-order chi connectivity index (χ0) is 16.4. The molecule has 0 radical (unpaired) electrons. The molecule has 1 aromatic heterocycles. The van der Waals surface area contributed by atoms with Gasteiger partial charge in [0.25, 0.3) is 0 Å². The molecule has 3 rings (SSSR count). The molecule has 1 atom stereocenters. The molecule has 1 fully saturated rings. The third-order valence-corrected chi connectivity index (χ3v) is 4.49. The van der Waals surface area contributed by atoms with Crippen LogP contribution in [0, 0.1) is 12.7 Å². The van der Waals surface area contributed by atoms with Gasteiger partial charge in [-0.3, -0.25) is 4.79 Å². The van der Waals surface area contributed by atoms with Gasteiger partial charge in [-0.1, -0.05) is 12.1 Å². The van der Waals surface area contributed by atoms with Gasteiger partial charge in [-0.15, -0.1) is 0 Å². The van der Waals surface area contributed by atoms with Gasteiger partial charge in [-0.05, 0) is 50.5 Å². The van der Waals surface area contributed by atoms with E-state index >= 15 is 0 Å². The number of hydrogen-bond donors (Lipinski definition) is 0. The average Bonchev–Trinajstić information content (AvgIpc) is 2.93. The number of rotatable bonds is 3. The van der Waals surface area contributed by atoms with Crippen LogP contribution in [0.15, 0.2) is 36.5 Å². The Morgan fingerprint density at radius 2 is 2.04 bits per heavy atom. The normalized spacial score (nSPS) is 20.7. The Hall–Kier alpha value is -2.30. The van der Waals surface area contributed by atoms with Crippen LogP contribution in [0.4, 0.5) is 4.39 Å². The highest BCUT2D eigenvalue weighted by molar-refractivity contribution is 5.80. The third kappa shape index (κ3) is 3.09. The summed E-state index contributed by atoms with van der Waals surface area (Å²) in [5.41, 5.74) is 1.24. The van der Waals surface area contributed by atoms with Crippen LogP contribution in [0.25, 0.3) is 0 Å². The number of hydrogen-bond acceptors (Lipinski definition) is 3. The van der Waals surface area contributed by atoms with Crippen molar-refractivity contribution in [1.82, 2.24) is 14.9 Å². The molecular formula is C18H20FN3O. The fourth-order valence-corrected chi connectivity index (χ4v) is 3.18. The van der Waals surface area contributed by atoms with E-state index in [4.69, 9.17) is 0 Å². The lowest BCUT2D eigenvalue weighted by Crippen LogP contribution is -2.44. The lowest BCUT2D eigenvalue weighted by Gasteiger charge is -2.34. The van der Waals surface area contributed by atoms with Gasteiger partial charge >= 0.3 is 0 Å². The molecule has 0 aliphatic carbocycles. The highest BCUT2D eigenvalue weighted by atomic mass is 19.1. The number of aryl methyl sites for hydroxylation is 1. The second-order valence-electron chi connectivity index (χ2n) is 6.25. The Balaban J connectivity index is 1.83. The Kier molecular flexibility index (Phi) is 4.11. The van der Waals surface area contributed by atoms with E-state index < -0.39 is 5.54 Å². The van der Waals surface area contributed by atoms with E-state index in [1.165, 1.54) is 12.1 Å². The number of carbonyl (C=O) groups excluding carboxylic acids is 1. The van der Waals surface area contributed by atoms with E-state index in [9.17, 15) is 9.18 Å². The lowest BCUT2D eigenvalue weighted by molar-refractivity contribution is -0.134. The topological polar surface area (TPSA) is 46.1 Å². The van der Waals surface area contributed by atoms with E-state index in [2.05, 4.69) is 9.97 Å². The largest absolute Gasteiger partial charge is 0.330 e. The first-order valence-corrected chi connectivity index (χ1v) is 7.84. The number of carbonyl (C=O) groups is 1. The molecule has 2 aromatic rings. The van der Waals surface area contributed by atoms with Crippen molar-refractivity contribution in [2.75, 3.05) is 6.54 Å². The Bertz CT molecular complexity index is 716. The molecule has 1 aliphatic heterocycles. The van der Waals surface area contributed by atoms with Crippen LogP contribution in [0.5, 0.6) is 0 Å². The Morgan fingerprint density at radius 3 is 2.74 bits per heavy atom. The van der Waals surface area contributed by atoms with Crippen molar-refractivity contribution in [1.29, 1.82) is 0 Å². The smallest absolute Gasteiger partial charge is 0.227 e. The van der Waals surface area contributed by atoms with Gasteiger partial charge in [0.05, 0.1) is 12.0 Å². The molecule has 2 heterocycles. The van der Waals surface area contributed by atoms with E-state index in [1.54, 1.807) is 18.3 Å². The van der Waals surface area contributed by atoms with E-state index in [0.717, 1.165) is 24.1 Å². The van der Waals surface area contributed by atoms with Crippen LogP contribution in [0.3, 0.4) is 0 Å². The number of aromatic nitrogens is 2. The summed E-state index contributed by atoms with van der Waals surface area (Å²) in [6.45, 7) is 4.65. The number of likely N-dealkylation sites (tertiary alicyclic amines) is 1. The predicted molar refractivity (Wildman–Crippen MR) is 85.2 cm³/mol. The van der Waals surface area contributed by atoms with Gasteiger partial charge in [-0.2, -0.15) is 0 Å². The minimum atomic E-state index is -0.469. The molecule has 0 saturated carbocycles. The van der Waals surface area contributed by atoms with Crippen molar-refractivity contribution >= 4 is 5.91 Å². The van der Waals surface area contributed by atoms with Crippen molar-refractivity contribution in [3.63, 3.8) is 0 Å². The van der Waals surface area contributed by atoms with Crippen molar-refractivity contribution in [3.8, 4) is 0 Å². The summed E-state index contributed by atoms with van der Waals surface area (Å²) in [6, 6.07) is 7.94. The maximum absolute atomic E-state index is 13.0. The van der Waals surface area contributed by atoms with Gasteiger partial charge in [0, 0.05) is 18.4 Å². The highest BCUT2D eigenvalue weighted by Crippen LogP contribution is 2.37. The van der Waals surface area contributed by atoms with E-state index in [1.807, 2.05) is 24.8 Å². The van der Waals surface area contributed by atoms with Crippen molar-refractivity contribution in [2.45, 2.75) is 38.6 Å². The average molecular weight is 313 g/mol. The fourth-order valence-electron chi connectivity index (χ4n) is 3.18. The summed E-state index contributed by atoms with van der Waals surface area (Å²) in [5, 5.41) is 0. The summed E-state index contributed by atoms with van der Waals surface area (Å²) in [7, 11) is 0. The molecule has 1 aromatic carbocycles. The van der Waals surface area contributed by atoms with Gasteiger partial charge in [0.2, 0.25) is 5.91 Å². The third-order valence-electron chi connectivity index (χ3n) is 4.49. The fraction of sp³-hybridized carbons (Fsp3) is 0.389. The molecule has 5 heteroatoms. The zero-order valence-electron chi connectivity index (χ0n) is 13.4. The van der Waals surface area contributed by atoms with Crippen LogP contribution < -0.4 is 0 Å². The molecule has 0 unspecified atom stereocenters. The standard InChI is InChI=1S/C18H20FN3O/c1-13-8-10-20-17(21-13)18(2)9-3-11-22(18)16(23)12-14-4-6-15(19)7-5-14/h4-8,10H,3,9,11-12H2,1-2H3/t18-/m1/s1. The molecule has 1 aliphatic rings. The first-order valence-electron chi connectivity index (χ1n) is 7.84. The monoisotopic (exact) mass is 313 g/mol. The SMILES string of the molecule is Cc1ccnc([C@@]2(C)CCCN2C(=O)Cc2ccc(F)cc2)n1. The van der Waals surface area contributed by atoms with Crippen LogP contribution >= 0.6 is 0 Å². The maximum atomic E-state index is 13.0. The van der Waals surface area contributed by atoms with Crippen LogP contribution in [-0.2, 0) is 16.8 Å².